The molecule has 258 valence electrons. The van der Waals surface area contributed by atoms with Crippen LogP contribution in [0.15, 0.2) is 224 Å². The molecule has 10 aromatic carbocycles. The molecule has 0 aliphatic carbocycles. The van der Waals surface area contributed by atoms with Gasteiger partial charge in [-0.15, -0.1) is 0 Å². The minimum absolute atomic E-state index is 1.10. The van der Waals surface area contributed by atoms with Gasteiger partial charge in [-0.1, -0.05) is 182 Å². The van der Waals surface area contributed by atoms with Gasteiger partial charge in [0.05, 0.1) is 0 Å². The number of anilines is 3. The van der Waals surface area contributed by atoms with Gasteiger partial charge in [-0.2, -0.15) is 0 Å². The molecule has 0 atom stereocenters. The summed E-state index contributed by atoms with van der Waals surface area (Å²) < 4.78 is 0. The highest BCUT2D eigenvalue weighted by atomic mass is 15.1. The Morgan fingerprint density at radius 2 is 0.655 bits per heavy atom. The molecule has 0 unspecified atom stereocenters. The number of fused-ring (bicyclic) bond motifs is 5. The third kappa shape index (κ3) is 6.12. The summed E-state index contributed by atoms with van der Waals surface area (Å²) in [6.07, 6.45) is 0. The highest BCUT2D eigenvalue weighted by Gasteiger charge is 2.18. The van der Waals surface area contributed by atoms with Crippen molar-refractivity contribution in [1.82, 2.24) is 0 Å². The molecule has 0 aliphatic rings. The SMILES string of the molecule is c1ccc(-c2ccc(N(c3ccc(-c4ccccc4)cc3)c3ccc(-c4ccccc4)c(-c4ccc5ccc6c7ccccc7ccc6c5c4)c3)cc2)cc1. The van der Waals surface area contributed by atoms with Crippen molar-refractivity contribution in [3.05, 3.63) is 224 Å². The zero-order valence-corrected chi connectivity index (χ0v) is 30.3. The van der Waals surface area contributed by atoms with Gasteiger partial charge in [-0.25, -0.2) is 0 Å². The van der Waals surface area contributed by atoms with Crippen molar-refractivity contribution in [2.75, 3.05) is 4.90 Å². The van der Waals surface area contributed by atoms with Gasteiger partial charge in [0.2, 0.25) is 0 Å². The van der Waals surface area contributed by atoms with Crippen LogP contribution in [0.1, 0.15) is 0 Å². The van der Waals surface area contributed by atoms with E-state index in [0.717, 1.165) is 17.1 Å². The third-order valence-corrected chi connectivity index (χ3v) is 10.9. The predicted molar refractivity (Wildman–Crippen MR) is 235 cm³/mol. The van der Waals surface area contributed by atoms with Crippen LogP contribution in [0.5, 0.6) is 0 Å². The van der Waals surface area contributed by atoms with Crippen molar-refractivity contribution in [3.63, 3.8) is 0 Å². The Morgan fingerprint density at radius 3 is 1.25 bits per heavy atom. The molecule has 0 spiro atoms. The Balaban J connectivity index is 1.16. The first-order chi connectivity index (χ1) is 27.3. The van der Waals surface area contributed by atoms with Crippen LogP contribution in [0, 0.1) is 0 Å². The van der Waals surface area contributed by atoms with Crippen LogP contribution in [0.4, 0.5) is 17.1 Å². The molecule has 0 N–H and O–H groups in total. The van der Waals surface area contributed by atoms with Crippen LogP contribution >= 0.6 is 0 Å². The molecule has 0 aliphatic heterocycles. The lowest BCUT2D eigenvalue weighted by molar-refractivity contribution is 1.28. The topological polar surface area (TPSA) is 3.24 Å². The summed E-state index contributed by atoms with van der Waals surface area (Å²) >= 11 is 0. The van der Waals surface area contributed by atoms with Crippen LogP contribution in [0.25, 0.3) is 76.8 Å². The average Bonchev–Trinajstić information content (AvgIpc) is 3.27. The third-order valence-electron chi connectivity index (χ3n) is 10.9. The lowest BCUT2D eigenvalue weighted by atomic mass is 9.90. The molecule has 0 amide bonds. The van der Waals surface area contributed by atoms with Gasteiger partial charge in [0.15, 0.2) is 0 Å². The maximum absolute atomic E-state index is 2.39. The normalized spacial score (nSPS) is 11.3. The molecule has 0 aromatic heterocycles. The van der Waals surface area contributed by atoms with E-state index in [1.807, 2.05) is 0 Å². The van der Waals surface area contributed by atoms with Gasteiger partial charge >= 0.3 is 0 Å². The number of rotatable bonds is 7. The van der Waals surface area contributed by atoms with Crippen molar-refractivity contribution in [2.45, 2.75) is 0 Å². The summed E-state index contributed by atoms with van der Waals surface area (Å²) in [4.78, 5) is 2.38. The average molecular weight is 700 g/mol. The Labute approximate surface area is 322 Å². The van der Waals surface area contributed by atoms with E-state index in [2.05, 4.69) is 229 Å². The standard InChI is InChI=1S/C54H37N/c1-4-12-38(13-5-1)40-22-28-46(29-23-40)55(47-30-24-41(25-31-47)39-14-6-2-7-15-39)48-32-35-50(42-16-8-3-9-17-42)54(37-48)45-21-20-44-27-33-51-49-19-11-10-18-43(49)26-34-52(51)53(44)36-45/h1-37H. The van der Waals surface area contributed by atoms with Crippen molar-refractivity contribution in [3.8, 4) is 44.5 Å². The number of nitrogens with zero attached hydrogens (tertiary/aromatic N) is 1. The highest BCUT2D eigenvalue weighted by molar-refractivity contribution is 6.18. The van der Waals surface area contributed by atoms with E-state index in [1.165, 1.54) is 76.8 Å². The van der Waals surface area contributed by atoms with E-state index >= 15 is 0 Å². The van der Waals surface area contributed by atoms with Gasteiger partial charge in [0, 0.05) is 17.1 Å². The molecule has 10 aromatic rings. The minimum atomic E-state index is 1.10. The number of hydrogen-bond donors (Lipinski definition) is 0. The number of benzene rings is 10. The van der Waals surface area contributed by atoms with E-state index in [1.54, 1.807) is 0 Å². The first-order valence-electron chi connectivity index (χ1n) is 18.9. The van der Waals surface area contributed by atoms with Gasteiger partial charge in [0.1, 0.15) is 0 Å². The monoisotopic (exact) mass is 699 g/mol. The smallest absolute Gasteiger partial charge is 0.0468 e. The molecular formula is C54H37N. The van der Waals surface area contributed by atoms with Crippen molar-refractivity contribution in [1.29, 1.82) is 0 Å². The van der Waals surface area contributed by atoms with Gasteiger partial charge in [-0.3, -0.25) is 0 Å². The minimum Gasteiger partial charge on any atom is -0.310 e. The Morgan fingerprint density at radius 1 is 0.218 bits per heavy atom. The Bertz CT molecular complexity index is 2850. The summed E-state index contributed by atoms with van der Waals surface area (Å²) in [7, 11) is 0. The van der Waals surface area contributed by atoms with E-state index in [4.69, 9.17) is 0 Å². The maximum atomic E-state index is 2.39. The lowest BCUT2D eigenvalue weighted by Gasteiger charge is -2.27. The van der Waals surface area contributed by atoms with Gasteiger partial charge < -0.3 is 4.90 Å². The molecule has 0 radical (unpaired) electrons. The zero-order valence-electron chi connectivity index (χ0n) is 30.3. The first-order valence-corrected chi connectivity index (χ1v) is 18.9. The van der Waals surface area contributed by atoms with E-state index < -0.39 is 0 Å². The molecule has 0 heterocycles. The van der Waals surface area contributed by atoms with Gasteiger partial charge in [0.25, 0.3) is 0 Å². The summed E-state index contributed by atoms with van der Waals surface area (Å²) in [5.74, 6) is 0. The van der Waals surface area contributed by atoms with Crippen LogP contribution in [-0.2, 0) is 0 Å². The fourth-order valence-corrected chi connectivity index (χ4v) is 8.08. The second-order valence-electron chi connectivity index (χ2n) is 14.1. The molecule has 0 fully saturated rings. The van der Waals surface area contributed by atoms with Crippen molar-refractivity contribution in [2.24, 2.45) is 0 Å². The van der Waals surface area contributed by atoms with Gasteiger partial charge in [-0.05, 0) is 119 Å². The quantitative estimate of drug-likeness (QED) is 0.150. The predicted octanol–water partition coefficient (Wildman–Crippen LogP) is 15.3. The fourth-order valence-electron chi connectivity index (χ4n) is 8.08. The molecule has 1 heteroatoms. The summed E-state index contributed by atoms with van der Waals surface area (Å²) in [6.45, 7) is 0. The van der Waals surface area contributed by atoms with Crippen molar-refractivity contribution < 1.29 is 0 Å². The molecule has 0 saturated heterocycles. The van der Waals surface area contributed by atoms with Crippen LogP contribution in [-0.4, -0.2) is 0 Å². The summed E-state index contributed by atoms with van der Waals surface area (Å²) in [5.41, 5.74) is 12.9. The Hall–Kier alpha value is -7.22. The first kappa shape index (κ1) is 32.4. The second-order valence-corrected chi connectivity index (χ2v) is 14.1. The second kappa shape index (κ2) is 14.0. The van der Waals surface area contributed by atoms with E-state index in [0.29, 0.717) is 0 Å². The van der Waals surface area contributed by atoms with Crippen molar-refractivity contribution >= 4 is 49.4 Å². The van der Waals surface area contributed by atoms with E-state index in [-0.39, 0.29) is 0 Å². The molecule has 0 bridgehead atoms. The molecule has 55 heavy (non-hydrogen) atoms. The Kier molecular flexibility index (Phi) is 8.24. The molecule has 0 saturated carbocycles. The molecule has 1 nitrogen and oxygen atoms in total. The van der Waals surface area contributed by atoms with Crippen LogP contribution in [0.3, 0.4) is 0 Å². The summed E-state index contributed by atoms with van der Waals surface area (Å²) in [5, 5.41) is 7.60. The lowest BCUT2D eigenvalue weighted by Crippen LogP contribution is -2.10. The summed E-state index contributed by atoms with van der Waals surface area (Å²) in [6, 6.07) is 81.5. The number of hydrogen-bond acceptors (Lipinski definition) is 1. The molecule has 10 rings (SSSR count). The van der Waals surface area contributed by atoms with Crippen LogP contribution in [0.2, 0.25) is 0 Å². The fraction of sp³-hybridized carbons (Fsp3) is 0. The van der Waals surface area contributed by atoms with E-state index in [9.17, 15) is 0 Å². The zero-order chi connectivity index (χ0) is 36.6. The van der Waals surface area contributed by atoms with Crippen LogP contribution < -0.4 is 4.90 Å². The largest absolute Gasteiger partial charge is 0.310 e. The highest BCUT2D eigenvalue weighted by Crippen LogP contribution is 2.43. The maximum Gasteiger partial charge on any atom is 0.0468 e. The molecular weight excluding hydrogens is 663 g/mol.